The smallest absolute Gasteiger partial charge is 0.418 e. The first kappa shape index (κ1) is 48.7. The molecule has 0 N–H and O–H groups in total. The number of anilines is 2. The number of rotatable bonds is 11. The highest BCUT2D eigenvalue weighted by Gasteiger charge is 2.55. The second kappa shape index (κ2) is 18.3. The number of fused-ring (bicyclic) bond motifs is 6. The molecule has 13 nitrogen and oxygen atoms in total. The van der Waals surface area contributed by atoms with Gasteiger partial charge in [-0.25, -0.2) is 22.9 Å². The predicted octanol–water partition coefficient (Wildman–Crippen LogP) is 10.6. The van der Waals surface area contributed by atoms with E-state index in [1.54, 1.807) is 81.1 Å². The zero-order chi connectivity index (χ0) is 50.3. The van der Waals surface area contributed by atoms with Crippen LogP contribution >= 0.6 is 11.6 Å². The van der Waals surface area contributed by atoms with Crippen LogP contribution in [0.25, 0.3) is 22.2 Å². The molecule has 2 aromatic heterocycles. The summed E-state index contributed by atoms with van der Waals surface area (Å²) in [6, 6.07) is 12.8. The maximum Gasteiger partial charge on any atom is 0.418 e. The summed E-state index contributed by atoms with van der Waals surface area (Å²) in [7, 11) is 3.01. The molecular weight excluding hydrogens is 956 g/mol. The summed E-state index contributed by atoms with van der Waals surface area (Å²) in [4.78, 5) is 35.0. The number of carbonyl (C=O) groups excluding carboxylic acids is 1. The van der Waals surface area contributed by atoms with Crippen LogP contribution in [0.5, 0.6) is 23.4 Å². The van der Waals surface area contributed by atoms with Crippen molar-refractivity contribution in [2.24, 2.45) is 0 Å². The first-order valence-electron chi connectivity index (χ1n) is 23.7. The standard InChI is InChI=1S/C51H54ClF6N7O6/c1-27-44-35-17-12-31(65(35)48(66)71-49(2,3)4)25-64(44)45-37-43(60-47(61-45)69-26-50-18-7-19-63(50)24-30(53)21-50)41(55)42(59-46(37)70-27)34-20-36(40(54)39(52)38(34)51(56,57)58)62(22-28-8-13-32(67-5)14-9-28)23-29-10-15-33(68-6)16-11-29/h8-11,13-16,20,27,30-31,35,44H,7,12,17-19,21-26H2,1-6H3/t27-,30+,31+,35-,44+,50-/m0/s1. The number of methoxy groups -OCH3 is 2. The fraction of sp³-hybridized carbons (Fsp3) is 0.490. The van der Waals surface area contributed by atoms with E-state index < -0.39 is 86.8 Å². The van der Waals surface area contributed by atoms with Gasteiger partial charge in [0.25, 0.3) is 0 Å². The van der Waals surface area contributed by atoms with E-state index in [1.807, 2.05) is 9.80 Å². The summed E-state index contributed by atoms with van der Waals surface area (Å²) in [6.45, 7) is 8.08. The van der Waals surface area contributed by atoms with Crippen LogP contribution in [-0.4, -0.2) is 113 Å². The van der Waals surface area contributed by atoms with Gasteiger partial charge in [-0.1, -0.05) is 35.9 Å². The lowest BCUT2D eigenvalue weighted by Crippen LogP contribution is -2.65. The number of piperazine rings is 1. The molecule has 4 saturated heterocycles. The molecule has 71 heavy (non-hydrogen) atoms. The molecule has 0 aliphatic carbocycles. The second-order valence-corrected chi connectivity index (χ2v) is 20.5. The van der Waals surface area contributed by atoms with Gasteiger partial charge in [-0.05, 0) is 101 Å². The fourth-order valence-corrected chi connectivity index (χ4v) is 11.7. The Kier molecular flexibility index (Phi) is 12.5. The molecule has 3 aromatic carbocycles. The molecule has 2 bridgehead atoms. The van der Waals surface area contributed by atoms with Gasteiger partial charge in [-0.15, -0.1) is 0 Å². The summed E-state index contributed by atoms with van der Waals surface area (Å²) in [6.07, 6.45) is -4.91. The van der Waals surface area contributed by atoms with E-state index in [2.05, 4.69) is 9.97 Å². The largest absolute Gasteiger partial charge is 0.497 e. The molecule has 5 aliphatic rings. The molecule has 5 aliphatic heterocycles. The molecule has 378 valence electrons. The van der Waals surface area contributed by atoms with E-state index in [0.29, 0.717) is 48.4 Å². The number of pyridine rings is 1. The van der Waals surface area contributed by atoms with Crippen molar-refractivity contribution in [2.75, 3.05) is 50.3 Å². The molecule has 0 spiro atoms. The Hall–Kier alpha value is -5.95. The molecule has 10 rings (SSSR count). The Labute approximate surface area is 411 Å². The Morgan fingerprint density at radius 3 is 2.21 bits per heavy atom. The molecule has 5 aromatic rings. The molecule has 0 radical (unpaired) electrons. The Morgan fingerprint density at radius 2 is 1.59 bits per heavy atom. The van der Waals surface area contributed by atoms with Crippen molar-refractivity contribution in [3.63, 3.8) is 0 Å². The van der Waals surface area contributed by atoms with Crippen LogP contribution in [0.15, 0.2) is 54.6 Å². The van der Waals surface area contributed by atoms with Crippen LogP contribution in [0.3, 0.4) is 0 Å². The predicted molar refractivity (Wildman–Crippen MR) is 253 cm³/mol. The summed E-state index contributed by atoms with van der Waals surface area (Å²) < 4.78 is 126. The normalized spacial score (nSPS) is 23.8. The van der Waals surface area contributed by atoms with Gasteiger partial charge in [-0.2, -0.15) is 23.1 Å². The maximum absolute atomic E-state index is 18.0. The molecule has 0 saturated carbocycles. The third kappa shape index (κ3) is 8.94. The van der Waals surface area contributed by atoms with E-state index >= 15 is 22.0 Å². The van der Waals surface area contributed by atoms with Crippen LogP contribution < -0.4 is 28.7 Å². The number of nitrogens with zero attached hydrogens (tertiary/aromatic N) is 7. The molecular formula is C51H54ClF6N7O6. The van der Waals surface area contributed by atoms with Crippen LogP contribution in [0.4, 0.5) is 42.6 Å². The zero-order valence-corrected chi connectivity index (χ0v) is 40.8. The minimum Gasteiger partial charge on any atom is -0.497 e. The maximum atomic E-state index is 18.0. The van der Waals surface area contributed by atoms with Crippen molar-refractivity contribution in [3.8, 4) is 34.6 Å². The topological polar surface area (TPSA) is 115 Å². The number of amides is 1. The molecule has 4 fully saturated rings. The number of hydrogen-bond donors (Lipinski definition) is 0. The third-order valence-corrected chi connectivity index (χ3v) is 14.8. The van der Waals surface area contributed by atoms with Gasteiger partial charge in [0.05, 0.1) is 54.2 Å². The Morgan fingerprint density at radius 1 is 0.930 bits per heavy atom. The van der Waals surface area contributed by atoms with Crippen LogP contribution in [0.1, 0.15) is 76.5 Å². The van der Waals surface area contributed by atoms with Gasteiger partial charge in [0.2, 0.25) is 5.88 Å². The highest BCUT2D eigenvalue weighted by molar-refractivity contribution is 6.32. The Bertz CT molecular complexity index is 2810. The average molecular weight is 1010 g/mol. The lowest BCUT2D eigenvalue weighted by atomic mass is 9.95. The van der Waals surface area contributed by atoms with E-state index in [1.165, 1.54) is 19.1 Å². The summed E-state index contributed by atoms with van der Waals surface area (Å²) in [5, 5.41) is -1.34. The average Bonchev–Trinajstić information content (AvgIpc) is 3.94. The van der Waals surface area contributed by atoms with E-state index in [4.69, 9.17) is 40.3 Å². The third-order valence-electron chi connectivity index (χ3n) is 14.4. The zero-order valence-electron chi connectivity index (χ0n) is 40.1. The molecule has 0 unspecified atom stereocenters. The monoisotopic (exact) mass is 1010 g/mol. The van der Waals surface area contributed by atoms with Crippen molar-refractivity contribution < 1.29 is 54.8 Å². The minimum absolute atomic E-state index is 0.0351. The SMILES string of the molecule is COc1ccc(CN(Cc2ccc(OC)cc2)c2cc(-c3nc4c5c(nc(OC[C@@]67CCCN6C[C@H](F)C7)nc5c3F)N3C[C@H]5CC[C@@H]([C@H]3[C@H](C)O4)N5C(=O)OC(C)(C)C)c(C(F)(F)F)c(Cl)c2F)cc1. The number of aromatic nitrogens is 3. The van der Waals surface area contributed by atoms with Gasteiger partial charge < -0.3 is 33.5 Å². The number of carbonyl (C=O) groups is 1. The van der Waals surface area contributed by atoms with Gasteiger partial charge in [0, 0.05) is 38.2 Å². The van der Waals surface area contributed by atoms with Gasteiger partial charge in [0.1, 0.15) is 58.4 Å². The first-order chi connectivity index (χ1) is 33.8. The number of hydrogen-bond acceptors (Lipinski definition) is 12. The second-order valence-electron chi connectivity index (χ2n) is 20.1. The summed E-state index contributed by atoms with van der Waals surface area (Å²) >= 11 is 6.52. The van der Waals surface area contributed by atoms with Crippen molar-refractivity contribution in [3.05, 3.63) is 87.9 Å². The molecule has 1 amide bonds. The van der Waals surface area contributed by atoms with E-state index in [-0.39, 0.29) is 74.0 Å². The fourth-order valence-electron chi connectivity index (χ4n) is 11.3. The van der Waals surface area contributed by atoms with Crippen LogP contribution in [0, 0.1) is 11.6 Å². The Balaban J connectivity index is 1.15. The van der Waals surface area contributed by atoms with Gasteiger partial charge in [-0.3, -0.25) is 9.80 Å². The van der Waals surface area contributed by atoms with Gasteiger partial charge in [0.15, 0.2) is 11.6 Å². The minimum atomic E-state index is -5.33. The highest BCUT2D eigenvalue weighted by atomic mass is 35.5. The van der Waals surface area contributed by atoms with Crippen molar-refractivity contribution in [1.29, 1.82) is 0 Å². The number of halogens is 7. The number of alkyl halides is 4. The molecule has 7 heterocycles. The summed E-state index contributed by atoms with van der Waals surface area (Å²) in [5.74, 6) is -1.75. The lowest BCUT2D eigenvalue weighted by molar-refractivity contribution is -0.137. The number of ether oxygens (including phenoxy) is 5. The highest BCUT2D eigenvalue weighted by Crippen LogP contribution is 2.51. The summed E-state index contributed by atoms with van der Waals surface area (Å²) in [5.41, 5.74) is -4.43. The number of benzene rings is 3. The first-order valence-corrected chi connectivity index (χ1v) is 24.1. The van der Waals surface area contributed by atoms with E-state index in [9.17, 15) is 9.18 Å². The van der Waals surface area contributed by atoms with Crippen molar-refractivity contribution in [1.82, 2.24) is 24.8 Å². The molecule has 20 heteroatoms. The van der Waals surface area contributed by atoms with Crippen molar-refractivity contribution in [2.45, 2.75) is 121 Å². The van der Waals surface area contributed by atoms with Crippen LogP contribution in [-0.2, 0) is 24.0 Å². The molecule has 6 atom stereocenters. The van der Waals surface area contributed by atoms with Crippen LogP contribution in [0.2, 0.25) is 5.02 Å². The van der Waals surface area contributed by atoms with Crippen molar-refractivity contribution >= 4 is 40.1 Å². The van der Waals surface area contributed by atoms with E-state index in [0.717, 1.165) is 12.5 Å². The lowest BCUT2D eigenvalue weighted by Gasteiger charge is -2.48. The quantitative estimate of drug-likeness (QED) is 0.117. The van der Waals surface area contributed by atoms with Gasteiger partial charge >= 0.3 is 18.3 Å².